The third kappa shape index (κ3) is 3.42. The van der Waals surface area contributed by atoms with Gasteiger partial charge in [-0.3, -0.25) is 4.79 Å². The van der Waals surface area contributed by atoms with E-state index in [-0.39, 0.29) is 5.91 Å². The number of hydrogen-bond donors (Lipinski definition) is 0. The van der Waals surface area contributed by atoms with Gasteiger partial charge in [-0.05, 0) is 31.7 Å². The average Bonchev–Trinajstić information content (AvgIpc) is 2.92. The standard InChI is InChI=1S/C13H19N3O2/c1-2-18-13-14-9-11(10-15-13)5-6-12(17)16-7-3-4-8-16/h9-10H,2-8H2,1H3. The summed E-state index contributed by atoms with van der Waals surface area (Å²) in [6.07, 6.45) is 6.97. The van der Waals surface area contributed by atoms with Crippen molar-refractivity contribution in [3.63, 3.8) is 0 Å². The lowest BCUT2D eigenvalue weighted by Crippen LogP contribution is -2.27. The van der Waals surface area contributed by atoms with Crippen molar-refractivity contribution >= 4 is 5.91 Å². The Morgan fingerprint density at radius 1 is 1.33 bits per heavy atom. The van der Waals surface area contributed by atoms with Crippen LogP contribution in [0.15, 0.2) is 12.4 Å². The van der Waals surface area contributed by atoms with Crippen LogP contribution in [0.1, 0.15) is 31.7 Å². The van der Waals surface area contributed by atoms with E-state index in [1.165, 1.54) is 0 Å². The van der Waals surface area contributed by atoms with Crippen LogP contribution in [0.2, 0.25) is 0 Å². The fraction of sp³-hybridized carbons (Fsp3) is 0.615. The van der Waals surface area contributed by atoms with E-state index in [0.29, 0.717) is 25.5 Å². The SMILES string of the molecule is CCOc1ncc(CCC(=O)N2CCCC2)cn1. The molecule has 0 bridgehead atoms. The van der Waals surface area contributed by atoms with Crippen LogP contribution in [0.25, 0.3) is 0 Å². The maximum Gasteiger partial charge on any atom is 0.316 e. The third-order valence-electron chi connectivity index (χ3n) is 3.04. The van der Waals surface area contributed by atoms with Gasteiger partial charge in [0.05, 0.1) is 6.61 Å². The molecule has 1 fully saturated rings. The molecule has 98 valence electrons. The van der Waals surface area contributed by atoms with Gasteiger partial charge in [-0.1, -0.05) is 0 Å². The first-order chi connectivity index (χ1) is 8.79. The van der Waals surface area contributed by atoms with Gasteiger partial charge in [0.15, 0.2) is 0 Å². The van der Waals surface area contributed by atoms with Crippen molar-refractivity contribution in [3.05, 3.63) is 18.0 Å². The molecule has 0 radical (unpaired) electrons. The minimum Gasteiger partial charge on any atom is -0.464 e. The highest BCUT2D eigenvalue weighted by atomic mass is 16.5. The minimum absolute atomic E-state index is 0.237. The molecule has 5 heteroatoms. The highest BCUT2D eigenvalue weighted by Crippen LogP contribution is 2.11. The van der Waals surface area contributed by atoms with Gasteiger partial charge >= 0.3 is 6.01 Å². The Balaban J connectivity index is 1.80. The van der Waals surface area contributed by atoms with Crippen LogP contribution in [0.4, 0.5) is 0 Å². The molecule has 1 aromatic rings. The quantitative estimate of drug-likeness (QED) is 0.792. The Kier molecular flexibility index (Phi) is 4.50. The zero-order chi connectivity index (χ0) is 12.8. The first-order valence-electron chi connectivity index (χ1n) is 6.51. The molecule has 5 nitrogen and oxygen atoms in total. The summed E-state index contributed by atoms with van der Waals surface area (Å²) in [6.45, 7) is 4.29. The number of likely N-dealkylation sites (tertiary alicyclic amines) is 1. The zero-order valence-corrected chi connectivity index (χ0v) is 10.8. The van der Waals surface area contributed by atoms with Crippen LogP contribution >= 0.6 is 0 Å². The molecule has 1 aliphatic rings. The van der Waals surface area contributed by atoms with Gasteiger partial charge in [0.25, 0.3) is 0 Å². The van der Waals surface area contributed by atoms with Gasteiger partial charge in [-0.15, -0.1) is 0 Å². The van der Waals surface area contributed by atoms with Crippen molar-refractivity contribution in [2.24, 2.45) is 0 Å². The van der Waals surface area contributed by atoms with Crippen LogP contribution in [0.3, 0.4) is 0 Å². The molecule has 1 amide bonds. The predicted octanol–water partition coefficient (Wildman–Crippen LogP) is 1.43. The molecule has 2 heterocycles. The van der Waals surface area contributed by atoms with Crippen LogP contribution in [-0.4, -0.2) is 40.5 Å². The second kappa shape index (κ2) is 6.33. The molecular formula is C13H19N3O2. The van der Waals surface area contributed by atoms with E-state index in [4.69, 9.17) is 4.74 Å². The number of carbonyl (C=O) groups excluding carboxylic acids is 1. The number of amides is 1. The minimum atomic E-state index is 0.237. The fourth-order valence-corrected chi connectivity index (χ4v) is 2.05. The molecule has 0 unspecified atom stereocenters. The first kappa shape index (κ1) is 12.8. The molecule has 0 atom stereocenters. The van der Waals surface area contributed by atoms with E-state index < -0.39 is 0 Å². The van der Waals surface area contributed by atoms with Gasteiger partial charge in [0.2, 0.25) is 5.91 Å². The molecule has 0 aromatic carbocycles. The van der Waals surface area contributed by atoms with E-state index in [0.717, 1.165) is 31.5 Å². The van der Waals surface area contributed by atoms with Crippen molar-refractivity contribution in [1.29, 1.82) is 0 Å². The second-order valence-electron chi connectivity index (χ2n) is 4.39. The summed E-state index contributed by atoms with van der Waals surface area (Å²) in [7, 11) is 0. The first-order valence-corrected chi connectivity index (χ1v) is 6.51. The van der Waals surface area contributed by atoms with Gasteiger partial charge in [-0.25, -0.2) is 9.97 Å². The van der Waals surface area contributed by atoms with Crippen LogP contribution in [0, 0.1) is 0 Å². The van der Waals surface area contributed by atoms with E-state index in [1.807, 2.05) is 11.8 Å². The Bertz CT molecular complexity index is 386. The average molecular weight is 249 g/mol. The molecule has 0 N–H and O–H groups in total. The fourth-order valence-electron chi connectivity index (χ4n) is 2.05. The number of aryl methyl sites for hydroxylation is 1. The zero-order valence-electron chi connectivity index (χ0n) is 10.8. The van der Waals surface area contributed by atoms with Gasteiger partial charge in [0, 0.05) is 31.9 Å². The smallest absolute Gasteiger partial charge is 0.316 e. The van der Waals surface area contributed by atoms with Crippen LogP contribution in [0.5, 0.6) is 6.01 Å². The lowest BCUT2D eigenvalue weighted by atomic mass is 10.2. The molecule has 0 spiro atoms. The summed E-state index contributed by atoms with van der Waals surface area (Å²) in [5, 5.41) is 0. The summed E-state index contributed by atoms with van der Waals surface area (Å²) in [5.74, 6) is 0.237. The Hall–Kier alpha value is -1.65. The predicted molar refractivity (Wildman–Crippen MR) is 67.3 cm³/mol. The highest BCUT2D eigenvalue weighted by molar-refractivity contribution is 5.76. The number of ether oxygens (including phenoxy) is 1. The van der Waals surface area contributed by atoms with E-state index >= 15 is 0 Å². The monoisotopic (exact) mass is 249 g/mol. The van der Waals surface area contributed by atoms with Crippen molar-refractivity contribution in [2.45, 2.75) is 32.6 Å². The molecule has 0 saturated carbocycles. The molecule has 18 heavy (non-hydrogen) atoms. The molecular weight excluding hydrogens is 230 g/mol. The number of rotatable bonds is 5. The summed E-state index contributed by atoms with van der Waals surface area (Å²) in [6, 6.07) is 0.395. The molecule has 1 aliphatic heterocycles. The van der Waals surface area contributed by atoms with E-state index in [2.05, 4.69) is 9.97 Å². The van der Waals surface area contributed by atoms with Crippen molar-refractivity contribution in [3.8, 4) is 6.01 Å². The number of nitrogens with zero attached hydrogens (tertiary/aromatic N) is 3. The number of aromatic nitrogens is 2. The summed E-state index contributed by atoms with van der Waals surface area (Å²) >= 11 is 0. The van der Waals surface area contributed by atoms with Crippen molar-refractivity contribution < 1.29 is 9.53 Å². The normalized spacial score (nSPS) is 14.8. The van der Waals surface area contributed by atoms with E-state index in [9.17, 15) is 4.79 Å². The topological polar surface area (TPSA) is 55.3 Å². The van der Waals surface area contributed by atoms with Gasteiger partial charge in [-0.2, -0.15) is 0 Å². The Morgan fingerprint density at radius 3 is 2.61 bits per heavy atom. The maximum absolute atomic E-state index is 11.8. The molecule has 1 aromatic heterocycles. The van der Waals surface area contributed by atoms with Crippen molar-refractivity contribution in [2.75, 3.05) is 19.7 Å². The van der Waals surface area contributed by atoms with Crippen molar-refractivity contribution in [1.82, 2.24) is 14.9 Å². The largest absolute Gasteiger partial charge is 0.464 e. The van der Waals surface area contributed by atoms with Gasteiger partial charge in [0.1, 0.15) is 0 Å². The third-order valence-corrected chi connectivity index (χ3v) is 3.04. The van der Waals surface area contributed by atoms with Gasteiger partial charge < -0.3 is 9.64 Å². The summed E-state index contributed by atoms with van der Waals surface area (Å²) < 4.78 is 5.17. The number of carbonyl (C=O) groups is 1. The molecule has 2 rings (SSSR count). The lowest BCUT2D eigenvalue weighted by molar-refractivity contribution is -0.130. The maximum atomic E-state index is 11.8. The second-order valence-corrected chi connectivity index (χ2v) is 4.39. The Labute approximate surface area is 107 Å². The molecule has 1 saturated heterocycles. The summed E-state index contributed by atoms with van der Waals surface area (Å²) in [4.78, 5) is 22.0. The highest BCUT2D eigenvalue weighted by Gasteiger charge is 2.17. The Morgan fingerprint density at radius 2 is 2.00 bits per heavy atom. The lowest BCUT2D eigenvalue weighted by Gasteiger charge is -2.14. The van der Waals surface area contributed by atoms with Crippen LogP contribution < -0.4 is 4.74 Å². The summed E-state index contributed by atoms with van der Waals surface area (Å²) in [5.41, 5.74) is 0.978. The number of hydrogen-bond acceptors (Lipinski definition) is 4. The molecule has 0 aliphatic carbocycles. The van der Waals surface area contributed by atoms with E-state index in [1.54, 1.807) is 12.4 Å². The van der Waals surface area contributed by atoms with Crippen LogP contribution in [-0.2, 0) is 11.2 Å².